The van der Waals surface area contributed by atoms with Gasteiger partial charge >= 0.3 is 6.03 Å². The first kappa shape index (κ1) is 17.2. The fourth-order valence-corrected chi connectivity index (χ4v) is 2.81. The maximum Gasteiger partial charge on any atom is 0.321 e. The van der Waals surface area contributed by atoms with Crippen LogP contribution in [0.5, 0.6) is 0 Å². The fraction of sp³-hybridized carbons (Fsp3) is 0.444. The lowest BCUT2D eigenvalue weighted by Gasteiger charge is -2.26. The molecular weight excluding hydrogens is 290 g/mol. The molecule has 1 fully saturated rings. The summed E-state index contributed by atoms with van der Waals surface area (Å²) in [7, 11) is 1.50. The van der Waals surface area contributed by atoms with Crippen molar-refractivity contribution in [2.45, 2.75) is 31.7 Å². The van der Waals surface area contributed by atoms with E-state index in [4.69, 9.17) is 0 Å². The lowest BCUT2D eigenvalue weighted by Crippen LogP contribution is -2.46. The van der Waals surface area contributed by atoms with Gasteiger partial charge in [-0.1, -0.05) is 55.3 Å². The van der Waals surface area contributed by atoms with E-state index in [1.54, 1.807) is 0 Å². The van der Waals surface area contributed by atoms with E-state index in [9.17, 15) is 9.59 Å². The molecule has 0 spiro atoms. The van der Waals surface area contributed by atoms with Crippen LogP contribution in [0.4, 0.5) is 4.79 Å². The number of urea groups is 1. The number of likely N-dealkylation sites (tertiary alicyclic amines) is 1. The third kappa shape index (κ3) is 5.87. The molecular formula is C18H25N3O2. The van der Waals surface area contributed by atoms with Crippen LogP contribution in [0.25, 0.3) is 6.08 Å². The topological polar surface area (TPSA) is 61.4 Å². The number of carbonyl (C=O) groups excluding carboxylic acids is 2. The van der Waals surface area contributed by atoms with Crippen LogP contribution in [-0.2, 0) is 4.79 Å². The molecule has 0 saturated carbocycles. The molecule has 1 aliphatic heterocycles. The van der Waals surface area contributed by atoms with E-state index in [-0.39, 0.29) is 18.5 Å². The Labute approximate surface area is 137 Å². The van der Waals surface area contributed by atoms with Gasteiger partial charge in [0, 0.05) is 13.1 Å². The monoisotopic (exact) mass is 315 g/mol. The number of nitrogens with one attached hydrogen (secondary N) is 2. The van der Waals surface area contributed by atoms with Crippen molar-refractivity contribution in [2.24, 2.45) is 0 Å². The Hall–Kier alpha value is -2.14. The van der Waals surface area contributed by atoms with E-state index in [2.05, 4.69) is 39.8 Å². The van der Waals surface area contributed by atoms with Gasteiger partial charge in [0.2, 0.25) is 5.91 Å². The highest BCUT2D eigenvalue weighted by molar-refractivity contribution is 5.95. The van der Waals surface area contributed by atoms with Gasteiger partial charge in [-0.3, -0.25) is 15.0 Å². The number of rotatable bonds is 4. The van der Waals surface area contributed by atoms with Gasteiger partial charge in [-0.05, 0) is 24.9 Å². The van der Waals surface area contributed by atoms with Crippen molar-refractivity contribution < 1.29 is 9.59 Å². The fourth-order valence-electron chi connectivity index (χ4n) is 2.81. The maximum atomic E-state index is 12.0. The predicted octanol–water partition coefficient (Wildman–Crippen LogP) is 2.40. The Kier molecular flexibility index (Phi) is 6.81. The molecule has 1 atom stereocenters. The van der Waals surface area contributed by atoms with Crippen LogP contribution in [0.2, 0.25) is 0 Å². The number of benzene rings is 1. The Bertz CT molecular complexity index is 542. The van der Waals surface area contributed by atoms with E-state index in [0.29, 0.717) is 0 Å². The first-order valence-electron chi connectivity index (χ1n) is 8.18. The summed E-state index contributed by atoms with van der Waals surface area (Å²) in [4.78, 5) is 25.4. The van der Waals surface area contributed by atoms with Crippen molar-refractivity contribution in [1.82, 2.24) is 15.5 Å². The van der Waals surface area contributed by atoms with Crippen LogP contribution in [0, 0.1) is 0 Å². The number of carbonyl (C=O) groups is 2. The molecule has 2 N–H and O–H groups in total. The highest BCUT2D eigenvalue weighted by atomic mass is 16.2. The molecule has 3 amide bonds. The van der Waals surface area contributed by atoms with E-state index < -0.39 is 6.03 Å². The Morgan fingerprint density at radius 1 is 1.22 bits per heavy atom. The third-order valence-corrected chi connectivity index (χ3v) is 4.05. The molecule has 0 radical (unpaired) electrons. The smallest absolute Gasteiger partial charge is 0.321 e. The van der Waals surface area contributed by atoms with Gasteiger partial charge in [0.25, 0.3) is 0 Å². The Balaban J connectivity index is 2.00. The van der Waals surface area contributed by atoms with Crippen LogP contribution >= 0.6 is 0 Å². The van der Waals surface area contributed by atoms with Crippen LogP contribution < -0.4 is 10.6 Å². The van der Waals surface area contributed by atoms with E-state index in [1.165, 1.54) is 13.5 Å². The molecule has 1 aliphatic rings. The van der Waals surface area contributed by atoms with Gasteiger partial charge in [-0.2, -0.15) is 0 Å². The van der Waals surface area contributed by atoms with Gasteiger partial charge in [0.05, 0.1) is 6.54 Å². The van der Waals surface area contributed by atoms with Crippen molar-refractivity contribution in [2.75, 3.05) is 20.1 Å². The Morgan fingerprint density at radius 2 is 2.00 bits per heavy atom. The standard InChI is InChI=1S/C18H25N3O2/c1-19-18(23)20-17(22)14-21-13-7-3-6-10-16(21)12-11-15-8-4-2-5-9-15/h2,4-5,8-9,11-12,16H,3,6-7,10,13-14H2,1H3,(H2,19,20,22,23)/b12-11-. The van der Waals surface area contributed by atoms with Crippen LogP contribution in [-0.4, -0.2) is 43.0 Å². The number of hydrogen-bond acceptors (Lipinski definition) is 3. The quantitative estimate of drug-likeness (QED) is 0.897. The van der Waals surface area contributed by atoms with Crippen molar-refractivity contribution in [1.29, 1.82) is 0 Å². The zero-order chi connectivity index (χ0) is 16.5. The zero-order valence-electron chi connectivity index (χ0n) is 13.6. The van der Waals surface area contributed by atoms with Crippen molar-refractivity contribution in [3.8, 4) is 0 Å². The highest BCUT2D eigenvalue weighted by Crippen LogP contribution is 2.18. The normalized spacial score (nSPS) is 19.3. The summed E-state index contributed by atoms with van der Waals surface area (Å²) in [6.45, 7) is 1.13. The molecule has 5 nitrogen and oxygen atoms in total. The third-order valence-electron chi connectivity index (χ3n) is 4.05. The SMILES string of the molecule is CNC(=O)NC(=O)CN1CCCCCC1/C=C\c1ccccc1. The number of amides is 3. The molecule has 1 saturated heterocycles. The zero-order valence-corrected chi connectivity index (χ0v) is 13.6. The minimum atomic E-state index is -0.457. The second-order valence-corrected chi connectivity index (χ2v) is 5.78. The summed E-state index contributed by atoms with van der Waals surface area (Å²) >= 11 is 0. The first-order valence-corrected chi connectivity index (χ1v) is 8.18. The van der Waals surface area contributed by atoms with Gasteiger partial charge in [0.15, 0.2) is 0 Å². The molecule has 1 aromatic rings. The molecule has 1 heterocycles. The minimum Gasteiger partial charge on any atom is -0.341 e. The van der Waals surface area contributed by atoms with Crippen LogP contribution in [0.1, 0.15) is 31.2 Å². The minimum absolute atomic E-state index is 0.230. The summed E-state index contributed by atoms with van der Waals surface area (Å²) in [5.74, 6) is -0.260. The summed E-state index contributed by atoms with van der Waals surface area (Å²) in [5, 5.41) is 4.74. The Morgan fingerprint density at radius 3 is 2.74 bits per heavy atom. The first-order chi connectivity index (χ1) is 11.2. The second-order valence-electron chi connectivity index (χ2n) is 5.78. The largest absolute Gasteiger partial charge is 0.341 e. The van der Waals surface area contributed by atoms with Crippen LogP contribution in [0.3, 0.4) is 0 Å². The van der Waals surface area contributed by atoms with Gasteiger partial charge in [-0.15, -0.1) is 0 Å². The molecule has 5 heteroatoms. The predicted molar refractivity (Wildman–Crippen MR) is 91.9 cm³/mol. The average molecular weight is 315 g/mol. The van der Waals surface area contributed by atoms with Crippen molar-refractivity contribution >= 4 is 18.0 Å². The lowest BCUT2D eigenvalue weighted by atomic mass is 10.1. The van der Waals surface area contributed by atoms with Gasteiger partial charge < -0.3 is 5.32 Å². The van der Waals surface area contributed by atoms with Crippen molar-refractivity contribution in [3.63, 3.8) is 0 Å². The molecule has 1 unspecified atom stereocenters. The highest BCUT2D eigenvalue weighted by Gasteiger charge is 2.21. The summed E-state index contributed by atoms with van der Waals surface area (Å²) in [5.41, 5.74) is 1.16. The van der Waals surface area contributed by atoms with E-state index >= 15 is 0 Å². The molecule has 23 heavy (non-hydrogen) atoms. The molecule has 124 valence electrons. The summed E-state index contributed by atoms with van der Waals surface area (Å²) in [6, 6.07) is 9.93. The number of hydrogen-bond donors (Lipinski definition) is 2. The maximum absolute atomic E-state index is 12.0. The van der Waals surface area contributed by atoms with Gasteiger partial charge in [0.1, 0.15) is 0 Å². The van der Waals surface area contributed by atoms with E-state index in [0.717, 1.165) is 31.4 Å². The molecule has 1 aromatic carbocycles. The van der Waals surface area contributed by atoms with Gasteiger partial charge in [-0.25, -0.2) is 4.79 Å². The average Bonchev–Trinajstić information content (AvgIpc) is 2.79. The molecule has 2 rings (SSSR count). The molecule has 0 aliphatic carbocycles. The number of nitrogens with zero attached hydrogens (tertiary/aromatic N) is 1. The summed E-state index contributed by atoms with van der Waals surface area (Å²) < 4.78 is 0. The van der Waals surface area contributed by atoms with Crippen LogP contribution in [0.15, 0.2) is 36.4 Å². The van der Waals surface area contributed by atoms with Crippen molar-refractivity contribution in [3.05, 3.63) is 42.0 Å². The second kappa shape index (κ2) is 9.10. The summed E-state index contributed by atoms with van der Waals surface area (Å²) in [6.07, 6.45) is 8.76. The van der Waals surface area contributed by atoms with E-state index in [1.807, 2.05) is 18.2 Å². The molecule has 0 aromatic heterocycles. The molecule has 0 bridgehead atoms. The lowest BCUT2D eigenvalue weighted by molar-refractivity contribution is -0.121. The number of imide groups is 1.